The van der Waals surface area contributed by atoms with E-state index >= 15 is 0 Å². The summed E-state index contributed by atoms with van der Waals surface area (Å²) in [4.78, 5) is 24.2. The summed E-state index contributed by atoms with van der Waals surface area (Å²) in [6.45, 7) is 17.9. The minimum absolute atomic E-state index is 0.0247. The molecule has 0 aromatic heterocycles. The van der Waals surface area contributed by atoms with Crippen LogP contribution < -0.4 is 0 Å². The van der Waals surface area contributed by atoms with Crippen LogP contribution in [0.5, 0.6) is 0 Å². The van der Waals surface area contributed by atoms with Crippen molar-refractivity contribution in [1.29, 1.82) is 0 Å². The van der Waals surface area contributed by atoms with Crippen LogP contribution in [0, 0.1) is 35.5 Å². The number of fused-ring (bicyclic) bond motifs is 4. The highest BCUT2D eigenvalue weighted by atomic mass is 17.3. The molecule has 234 valence electrons. The van der Waals surface area contributed by atoms with Crippen molar-refractivity contribution >= 4 is 0 Å². The van der Waals surface area contributed by atoms with Crippen LogP contribution in [-0.2, 0) is 48.0 Å². The summed E-state index contributed by atoms with van der Waals surface area (Å²) in [5, 5.41) is 0. The Balaban J connectivity index is 0.939. The molecular weight excluding hydrogens is 544 g/mol. The molecular formula is C32H46O10. The predicted molar refractivity (Wildman–Crippen MR) is 146 cm³/mol. The molecule has 10 fully saturated rings. The van der Waals surface area contributed by atoms with Gasteiger partial charge < -0.3 is 28.4 Å². The molecule has 0 N–H and O–H groups in total. The van der Waals surface area contributed by atoms with Gasteiger partial charge in [0.2, 0.25) is 11.6 Å². The first-order valence-electron chi connectivity index (χ1n) is 16.1. The van der Waals surface area contributed by atoms with Crippen molar-refractivity contribution in [1.82, 2.24) is 0 Å². The normalized spacial score (nSPS) is 56.4. The van der Waals surface area contributed by atoms with Gasteiger partial charge in [0, 0.05) is 24.7 Å². The Labute approximate surface area is 248 Å². The average Bonchev–Trinajstić information content (AvgIpc) is 3.33. The molecule has 42 heavy (non-hydrogen) atoms. The van der Waals surface area contributed by atoms with E-state index in [4.69, 9.17) is 48.0 Å². The first-order valence-corrected chi connectivity index (χ1v) is 16.1. The number of hydrogen-bond acceptors (Lipinski definition) is 10. The minimum atomic E-state index is -0.832. The van der Waals surface area contributed by atoms with Crippen LogP contribution in [0.25, 0.3) is 0 Å². The summed E-state index contributed by atoms with van der Waals surface area (Å²) >= 11 is 0. The molecule has 10 nitrogen and oxygen atoms in total. The Morgan fingerprint density at radius 1 is 0.643 bits per heavy atom. The molecule has 10 aliphatic rings. The van der Waals surface area contributed by atoms with Crippen molar-refractivity contribution in [3.8, 4) is 0 Å². The Bertz CT molecular complexity index is 1040. The van der Waals surface area contributed by atoms with Crippen molar-refractivity contribution in [2.24, 2.45) is 35.5 Å². The standard InChI is InChI=1S/C32H46O10/c1-17-7-9-23-19(3)25(35-27-31(23)21(17)11-13-29(5,37-27)39-41-31)33-15-16-34-26-20(4)24-10-8-18(2)22-12-14-30(6)38-28(36-26)32(22,24)42-40-30/h17-18,21-28H,3-4,7-16H2,1-2,5-6H3/t17-,18-,21+,22+,23+,24+,25+,26+,27-,28-,29+,30+,31-,32-/m1/s1. The average molecular weight is 591 g/mol. The van der Waals surface area contributed by atoms with Gasteiger partial charge in [-0.3, -0.25) is 0 Å². The third kappa shape index (κ3) is 3.93. The number of ether oxygens (including phenoxy) is 6. The van der Waals surface area contributed by atoms with Gasteiger partial charge in [0.25, 0.3) is 0 Å². The van der Waals surface area contributed by atoms with E-state index < -0.39 is 47.9 Å². The van der Waals surface area contributed by atoms with E-state index in [0.29, 0.717) is 11.8 Å². The lowest BCUT2D eigenvalue weighted by Gasteiger charge is -2.59. The van der Waals surface area contributed by atoms with Crippen molar-refractivity contribution < 1.29 is 48.0 Å². The van der Waals surface area contributed by atoms with E-state index in [2.05, 4.69) is 27.0 Å². The lowest BCUT2D eigenvalue weighted by Crippen LogP contribution is -2.69. The van der Waals surface area contributed by atoms with E-state index in [0.717, 1.165) is 62.5 Å². The summed E-state index contributed by atoms with van der Waals surface area (Å²) in [5.74, 6) is -0.113. The molecule has 14 atom stereocenters. The third-order valence-corrected chi connectivity index (χ3v) is 12.1. The lowest BCUT2D eigenvalue weighted by molar-refractivity contribution is -0.568. The van der Waals surface area contributed by atoms with Gasteiger partial charge in [-0.25, -0.2) is 19.6 Å². The summed E-state index contributed by atoms with van der Waals surface area (Å²) in [6.07, 6.45) is 5.09. The molecule has 8 saturated heterocycles. The maximum Gasteiger partial charge on any atom is 0.201 e. The zero-order valence-corrected chi connectivity index (χ0v) is 25.3. The van der Waals surface area contributed by atoms with Crippen LogP contribution in [0.2, 0.25) is 0 Å². The van der Waals surface area contributed by atoms with Gasteiger partial charge in [-0.1, -0.05) is 27.0 Å². The van der Waals surface area contributed by atoms with Crippen molar-refractivity contribution in [3.63, 3.8) is 0 Å². The zero-order valence-electron chi connectivity index (χ0n) is 25.3. The van der Waals surface area contributed by atoms with E-state index in [1.54, 1.807) is 0 Å². The highest BCUT2D eigenvalue weighted by molar-refractivity contribution is 5.23. The van der Waals surface area contributed by atoms with Gasteiger partial charge in [-0.05, 0) is 87.2 Å². The largest absolute Gasteiger partial charge is 0.346 e. The summed E-state index contributed by atoms with van der Waals surface area (Å²) in [6, 6.07) is 0. The van der Waals surface area contributed by atoms with Crippen LogP contribution in [0.3, 0.4) is 0 Å². The van der Waals surface area contributed by atoms with E-state index in [9.17, 15) is 0 Å². The molecule has 0 unspecified atom stereocenters. The monoisotopic (exact) mass is 590 g/mol. The quantitative estimate of drug-likeness (QED) is 0.239. The molecule has 10 rings (SSSR count). The molecule has 0 amide bonds. The van der Waals surface area contributed by atoms with Crippen LogP contribution in [0.1, 0.15) is 79.1 Å². The Morgan fingerprint density at radius 3 is 1.50 bits per heavy atom. The highest BCUT2D eigenvalue weighted by Gasteiger charge is 2.70. The third-order valence-electron chi connectivity index (χ3n) is 12.1. The van der Waals surface area contributed by atoms with Gasteiger partial charge in [0.1, 0.15) is 0 Å². The summed E-state index contributed by atoms with van der Waals surface area (Å²) in [5.41, 5.74) is 0.356. The summed E-state index contributed by atoms with van der Waals surface area (Å²) < 4.78 is 38.3. The maximum absolute atomic E-state index is 6.46. The fraction of sp³-hybridized carbons (Fsp3) is 0.875. The topological polar surface area (TPSA) is 92.3 Å². The second-order valence-electron chi connectivity index (χ2n) is 14.5. The van der Waals surface area contributed by atoms with E-state index in [1.165, 1.54) is 0 Å². The van der Waals surface area contributed by atoms with Crippen molar-refractivity contribution in [2.45, 2.75) is 127 Å². The van der Waals surface area contributed by atoms with Crippen LogP contribution in [0.4, 0.5) is 0 Å². The first-order chi connectivity index (χ1) is 20.1. The number of hydrogen-bond donors (Lipinski definition) is 0. The van der Waals surface area contributed by atoms with E-state index in [-0.39, 0.29) is 36.9 Å². The highest BCUT2D eigenvalue weighted by Crippen LogP contribution is 2.62. The molecule has 2 aliphatic carbocycles. The fourth-order valence-corrected chi connectivity index (χ4v) is 9.72. The molecule has 0 aromatic rings. The molecule has 8 aliphatic heterocycles. The maximum atomic E-state index is 6.46. The zero-order chi connectivity index (χ0) is 29.1. The predicted octanol–water partition coefficient (Wildman–Crippen LogP) is 5.28. The second kappa shape index (κ2) is 9.79. The van der Waals surface area contributed by atoms with Gasteiger partial charge >= 0.3 is 0 Å². The Morgan fingerprint density at radius 2 is 1.07 bits per heavy atom. The fourth-order valence-electron chi connectivity index (χ4n) is 9.72. The molecule has 10 heteroatoms. The smallest absolute Gasteiger partial charge is 0.201 e. The van der Waals surface area contributed by atoms with Crippen LogP contribution >= 0.6 is 0 Å². The Kier molecular flexibility index (Phi) is 6.65. The van der Waals surface area contributed by atoms with Crippen molar-refractivity contribution in [2.75, 3.05) is 13.2 Å². The van der Waals surface area contributed by atoms with Crippen LogP contribution in [0.15, 0.2) is 24.3 Å². The second-order valence-corrected chi connectivity index (χ2v) is 14.5. The molecule has 2 spiro atoms. The van der Waals surface area contributed by atoms with Crippen molar-refractivity contribution in [3.05, 3.63) is 24.3 Å². The summed E-state index contributed by atoms with van der Waals surface area (Å²) in [7, 11) is 0. The molecule has 0 aromatic carbocycles. The van der Waals surface area contributed by atoms with Gasteiger partial charge in [0.05, 0.1) is 13.2 Å². The molecule has 4 bridgehead atoms. The first kappa shape index (κ1) is 28.5. The van der Waals surface area contributed by atoms with Gasteiger partial charge in [-0.2, -0.15) is 0 Å². The molecule has 8 heterocycles. The molecule has 2 saturated carbocycles. The number of rotatable bonds is 5. The SMILES string of the molecule is C=C1[C@@H](OCCO[C@H]2O[C@@H]3O[C@]4(C)CC[C@H]5[C@H](C)CC[C@@H](C2=C)[C@@]35OO4)O[C@@H]2O[C@]3(C)CC[C@H]4[C@H](C)CC[C@@H]1[C@@]24OO3. The molecule has 0 radical (unpaired) electrons. The van der Waals surface area contributed by atoms with E-state index in [1.807, 2.05) is 13.8 Å². The lowest BCUT2D eigenvalue weighted by atomic mass is 9.59. The van der Waals surface area contributed by atoms with Gasteiger partial charge in [0.15, 0.2) is 36.4 Å². The van der Waals surface area contributed by atoms with Crippen LogP contribution in [-0.4, -0.2) is 61.2 Å². The minimum Gasteiger partial charge on any atom is -0.346 e. The van der Waals surface area contributed by atoms with Gasteiger partial charge in [-0.15, -0.1) is 0 Å². The Hall–Kier alpha value is -0.920.